The monoisotopic (exact) mass is 289 g/mol. The molecule has 0 radical (unpaired) electrons. The predicted molar refractivity (Wildman–Crippen MR) is 72.6 cm³/mol. The average molecular weight is 289 g/mol. The van der Waals surface area contributed by atoms with Crippen molar-refractivity contribution in [1.82, 2.24) is 15.5 Å². The highest BCUT2D eigenvalue weighted by atomic mass is 16.4. The van der Waals surface area contributed by atoms with Gasteiger partial charge in [-0.2, -0.15) is 0 Å². The molecule has 0 aliphatic carbocycles. The van der Waals surface area contributed by atoms with Crippen LogP contribution in [0, 0.1) is 0 Å². The first kappa shape index (κ1) is 18.2. The lowest BCUT2D eigenvalue weighted by molar-refractivity contribution is -0.145. The third-order valence-electron chi connectivity index (χ3n) is 2.68. The topological polar surface area (TPSA) is 119 Å². The van der Waals surface area contributed by atoms with E-state index in [1.54, 1.807) is 0 Å². The second-order valence-electron chi connectivity index (χ2n) is 4.32. The minimum absolute atomic E-state index is 0.374. The summed E-state index contributed by atoms with van der Waals surface area (Å²) in [6.45, 7) is 6.91. The number of carboxylic acid groups (broad SMARTS) is 2. The molecule has 1 atom stereocenters. The van der Waals surface area contributed by atoms with Crippen LogP contribution in [0.1, 0.15) is 26.7 Å². The number of urea groups is 1. The molecule has 0 aromatic heterocycles. The van der Waals surface area contributed by atoms with Crippen molar-refractivity contribution in [1.29, 1.82) is 0 Å². The van der Waals surface area contributed by atoms with Crippen molar-refractivity contribution in [3.63, 3.8) is 0 Å². The Bertz CT molecular complexity index is 335. The first-order valence-corrected chi connectivity index (χ1v) is 6.62. The highest BCUT2D eigenvalue weighted by Gasteiger charge is 2.22. The summed E-state index contributed by atoms with van der Waals surface area (Å²) >= 11 is 0. The van der Waals surface area contributed by atoms with Crippen LogP contribution in [0.3, 0.4) is 0 Å². The number of nitrogens with one attached hydrogen (secondary N) is 2. The lowest BCUT2D eigenvalue weighted by Gasteiger charge is -2.20. The van der Waals surface area contributed by atoms with Crippen molar-refractivity contribution >= 4 is 18.0 Å². The molecule has 8 heteroatoms. The molecule has 8 nitrogen and oxygen atoms in total. The van der Waals surface area contributed by atoms with Gasteiger partial charge >= 0.3 is 18.0 Å². The van der Waals surface area contributed by atoms with E-state index in [9.17, 15) is 14.4 Å². The third kappa shape index (κ3) is 8.30. The van der Waals surface area contributed by atoms with Crippen molar-refractivity contribution < 1.29 is 24.6 Å². The lowest BCUT2D eigenvalue weighted by Crippen LogP contribution is -2.48. The maximum atomic E-state index is 11.5. The molecule has 0 saturated heterocycles. The molecule has 0 aromatic carbocycles. The van der Waals surface area contributed by atoms with Gasteiger partial charge in [-0.1, -0.05) is 13.8 Å². The van der Waals surface area contributed by atoms with E-state index in [0.29, 0.717) is 13.1 Å². The largest absolute Gasteiger partial charge is 0.481 e. The highest BCUT2D eigenvalue weighted by molar-refractivity contribution is 5.86. The number of hydrogen-bond donors (Lipinski definition) is 4. The summed E-state index contributed by atoms with van der Waals surface area (Å²) in [5.74, 6) is -2.65. The molecule has 0 unspecified atom stereocenters. The summed E-state index contributed by atoms with van der Waals surface area (Å²) in [6, 6.07) is -2.10. The molecule has 0 rings (SSSR count). The van der Waals surface area contributed by atoms with Gasteiger partial charge in [-0.3, -0.25) is 4.79 Å². The zero-order valence-corrected chi connectivity index (χ0v) is 11.9. The first-order chi connectivity index (χ1) is 9.40. The van der Waals surface area contributed by atoms with E-state index >= 15 is 0 Å². The maximum Gasteiger partial charge on any atom is 0.326 e. The molecule has 4 N–H and O–H groups in total. The zero-order chi connectivity index (χ0) is 15.5. The normalized spacial score (nSPS) is 11.9. The van der Waals surface area contributed by atoms with Crippen LogP contribution in [0.5, 0.6) is 0 Å². The maximum absolute atomic E-state index is 11.5. The molecule has 0 aromatic rings. The van der Waals surface area contributed by atoms with Crippen LogP contribution in [-0.4, -0.2) is 65.3 Å². The van der Waals surface area contributed by atoms with Crippen LogP contribution < -0.4 is 10.6 Å². The molecule has 0 aliphatic rings. The Morgan fingerprint density at radius 3 is 2.25 bits per heavy atom. The third-order valence-corrected chi connectivity index (χ3v) is 2.68. The fourth-order valence-corrected chi connectivity index (χ4v) is 1.66. The molecule has 2 amide bonds. The fourth-order valence-electron chi connectivity index (χ4n) is 1.66. The summed E-state index contributed by atoms with van der Waals surface area (Å²) in [4.78, 5) is 34.9. The van der Waals surface area contributed by atoms with Crippen LogP contribution in [0.25, 0.3) is 0 Å². The molecule has 0 spiro atoms. The van der Waals surface area contributed by atoms with Gasteiger partial charge in [-0.15, -0.1) is 0 Å². The van der Waals surface area contributed by atoms with E-state index in [1.165, 1.54) is 0 Å². The molecule has 0 saturated carbocycles. The first-order valence-electron chi connectivity index (χ1n) is 6.62. The van der Waals surface area contributed by atoms with Gasteiger partial charge in [-0.25, -0.2) is 9.59 Å². The molecule has 0 aliphatic heterocycles. The number of rotatable bonds is 10. The van der Waals surface area contributed by atoms with Gasteiger partial charge in [0.2, 0.25) is 0 Å². The van der Waals surface area contributed by atoms with E-state index in [0.717, 1.165) is 19.5 Å². The van der Waals surface area contributed by atoms with Gasteiger partial charge < -0.3 is 25.7 Å². The molecule has 0 bridgehead atoms. The van der Waals surface area contributed by atoms with Crippen LogP contribution in [0.4, 0.5) is 4.79 Å². The van der Waals surface area contributed by atoms with Crippen LogP contribution >= 0.6 is 0 Å². The fraction of sp³-hybridized carbons (Fsp3) is 0.750. The number of likely N-dealkylation sites (N-methyl/N-ethyl adjacent to an activating group) is 1. The van der Waals surface area contributed by atoms with Crippen molar-refractivity contribution in [3.8, 4) is 0 Å². The Hall–Kier alpha value is -1.83. The van der Waals surface area contributed by atoms with Crippen molar-refractivity contribution in [2.45, 2.75) is 32.7 Å². The number of carboxylic acids is 2. The second-order valence-corrected chi connectivity index (χ2v) is 4.32. The van der Waals surface area contributed by atoms with Gasteiger partial charge in [0, 0.05) is 13.1 Å². The number of nitrogens with zero attached hydrogens (tertiary/aromatic N) is 1. The summed E-state index contributed by atoms with van der Waals surface area (Å²) in [6.07, 6.45) is 0.361. The number of aliphatic carboxylic acids is 2. The Morgan fingerprint density at radius 2 is 1.80 bits per heavy atom. The van der Waals surface area contributed by atoms with E-state index in [4.69, 9.17) is 10.2 Å². The molecule has 20 heavy (non-hydrogen) atoms. The van der Waals surface area contributed by atoms with Crippen molar-refractivity contribution in [2.75, 3.05) is 26.2 Å². The molecule has 0 heterocycles. The summed E-state index contributed by atoms with van der Waals surface area (Å²) in [5, 5.41) is 22.0. The molecular formula is C12H23N3O5. The van der Waals surface area contributed by atoms with Crippen LogP contribution in [-0.2, 0) is 9.59 Å². The van der Waals surface area contributed by atoms with Gasteiger partial charge in [0.1, 0.15) is 6.04 Å². The SMILES string of the molecule is CCCN(CC)CCNC(=O)N[C@H](CC(=O)O)C(=O)O. The quantitative estimate of drug-likeness (QED) is 0.447. The molecule has 0 fully saturated rings. The van der Waals surface area contributed by atoms with E-state index < -0.39 is 30.4 Å². The summed E-state index contributed by atoms with van der Waals surface area (Å²) < 4.78 is 0. The lowest BCUT2D eigenvalue weighted by atomic mass is 10.2. The van der Waals surface area contributed by atoms with Crippen molar-refractivity contribution in [2.24, 2.45) is 0 Å². The Kier molecular flexibility index (Phi) is 9.10. The predicted octanol–water partition coefficient (Wildman–Crippen LogP) is -0.0546. The van der Waals surface area contributed by atoms with Crippen LogP contribution in [0.15, 0.2) is 0 Å². The van der Waals surface area contributed by atoms with Crippen LogP contribution in [0.2, 0.25) is 0 Å². The number of carbonyl (C=O) groups is 3. The molecular weight excluding hydrogens is 266 g/mol. The minimum Gasteiger partial charge on any atom is -0.481 e. The number of hydrogen-bond acceptors (Lipinski definition) is 4. The van der Waals surface area contributed by atoms with Gasteiger partial charge in [0.05, 0.1) is 6.42 Å². The molecule has 116 valence electrons. The van der Waals surface area contributed by atoms with Gasteiger partial charge in [-0.05, 0) is 19.5 Å². The summed E-state index contributed by atoms with van der Waals surface area (Å²) in [5.41, 5.74) is 0. The van der Waals surface area contributed by atoms with E-state index in [1.807, 2.05) is 6.92 Å². The Morgan fingerprint density at radius 1 is 1.15 bits per heavy atom. The number of amides is 2. The van der Waals surface area contributed by atoms with E-state index in [-0.39, 0.29) is 0 Å². The smallest absolute Gasteiger partial charge is 0.326 e. The number of carbonyl (C=O) groups excluding carboxylic acids is 1. The standard InChI is InChI=1S/C12H23N3O5/c1-3-6-15(4-2)7-5-13-12(20)14-9(11(18)19)8-10(16)17/h9H,3-8H2,1-2H3,(H,16,17)(H,18,19)(H2,13,14,20)/t9-/m1/s1. The minimum atomic E-state index is -1.43. The average Bonchev–Trinajstić information content (AvgIpc) is 2.36. The Balaban J connectivity index is 4.07. The highest BCUT2D eigenvalue weighted by Crippen LogP contribution is 1.93. The van der Waals surface area contributed by atoms with Gasteiger partial charge in [0.15, 0.2) is 0 Å². The second kappa shape index (κ2) is 10.0. The van der Waals surface area contributed by atoms with Crippen molar-refractivity contribution in [3.05, 3.63) is 0 Å². The van der Waals surface area contributed by atoms with E-state index in [2.05, 4.69) is 22.5 Å². The summed E-state index contributed by atoms with van der Waals surface area (Å²) in [7, 11) is 0. The zero-order valence-electron chi connectivity index (χ0n) is 11.9. The Labute approximate surface area is 118 Å². The van der Waals surface area contributed by atoms with Gasteiger partial charge in [0.25, 0.3) is 0 Å².